The van der Waals surface area contributed by atoms with Crippen LogP contribution in [0.4, 0.5) is 0 Å². The smallest absolute Gasteiger partial charge is 0.222 e. The minimum Gasteiger partial charge on any atom is -0.296 e. The number of rotatable bonds is 2. The van der Waals surface area contributed by atoms with Gasteiger partial charge in [-0.25, -0.2) is 0 Å². The molecule has 0 amide bonds. The lowest BCUT2D eigenvalue weighted by Gasteiger charge is -2.12. The lowest BCUT2D eigenvalue weighted by molar-refractivity contribution is 0.627. The number of aromatic amines is 1. The van der Waals surface area contributed by atoms with Crippen molar-refractivity contribution >= 4 is 5.71 Å². The van der Waals surface area contributed by atoms with Crippen LogP contribution in [0.25, 0.3) is 0 Å². The van der Waals surface area contributed by atoms with Crippen LogP contribution in [0.5, 0.6) is 0 Å². The third kappa shape index (κ3) is 2.13. The summed E-state index contributed by atoms with van der Waals surface area (Å²) in [5.74, 6) is 0.309. The molecule has 1 aliphatic rings. The number of allylic oxidation sites excluding steroid dienone is 6. The van der Waals surface area contributed by atoms with E-state index in [1.165, 1.54) is 0 Å². The summed E-state index contributed by atoms with van der Waals surface area (Å²) in [4.78, 5) is 0. The number of H-pyrrole nitrogens is 1. The van der Waals surface area contributed by atoms with E-state index in [9.17, 15) is 0 Å². The summed E-state index contributed by atoms with van der Waals surface area (Å²) in [6.45, 7) is 4.21. The van der Waals surface area contributed by atoms with Crippen LogP contribution in [-0.4, -0.2) is 26.3 Å². The summed E-state index contributed by atoms with van der Waals surface area (Å²) >= 11 is 0. The molecule has 0 fully saturated rings. The Bertz CT molecular complexity index is 476. The second kappa shape index (κ2) is 3.84. The molecular formula is C11H13N5. The van der Waals surface area contributed by atoms with Gasteiger partial charge in [-0.15, -0.1) is 10.2 Å². The average molecular weight is 215 g/mol. The van der Waals surface area contributed by atoms with Gasteiger partial charge < -0.3 is 0 Å². The molecule has 1 aromatic heterocycles. The van der Waals surface area contributed by atoms with Crippen molar-refractivity contribution in [3.63, 3.8) is 0 Å². The number of nitrogens with zero attached hydrogens (tertiary/aromatic N) is 3. The van der Waals surface area contributed by atoms with E-state index >= 15 is 0 Å². The summed E-state index contributed by atoms with van der Waals surface area (Å²) in [6.07, 6.45) is 9.88. The number of aromatic nitrogens is 4. The third-order valence-electron chi connectivity index (χ3n) is 2.35. The standard InChI is InChI=1S/C11H13N5/c1-11(2)6-3-4-8(5-7-11)9(12)10-13-15-16-14-10/h3-7,12H,1-2H3,(H,13,14,15,16). The van der Waals surface area contributed by atoms with Crippen molar-refractivity contribution in [3.05, 3.63) is 41.8 Å². The summed E-state index contributed by atoms with van der Waals surface area (Å²) in [5, 5.41) is 21.3. The van der Waals surface area contributed by atoms with E-state index < -0.39 is 0 Å². The lowest BCUT2D eigenvalue weighted by Crippen LogP contribution is -2.05. The van der Waals surface area contributed by atoms with E-state index in [-0.39, 0.29) is 11.1 Å². The van der Waals surface area contributed by atoms with Crippen LogP contribution >= 0.6 is 0 Å². The quantitative estimate of drug-likeness (QED) is 0.736. The molecule has 1 heterocycles. The van der Waals surface area contributed by atoms with Gasteiger partial charge in [-0.2, -0.15) is 5.21 Å². The second-order valence-electron chi connectivity index (χ2n) is 4.25. The predicted molar refractivity (Wildman–Crippen MR) is 61.2 cm³/mol. The van der Waals surface area contributed by atoms with Gasteiger partial charge in [-0.3, -0.25) is 5.41 Å². The van der Waals surface area contributed by atoms with E-state index in [0.717, 1.165) is 5.57 Å². The minimum absolute atomic E-state index is 0.00971. The molecule has 0 aromatic carbocycles. The lowest BCUT2D eigenvalue weighted by atomic mass is 9.93. The Hall–Kier alpha value is -2.04. The fourth-order valence-electron chi connectivity index (χ4n) is 1.38. The Morgan fingerprint density at radius 3 is 2.88 bits per heavy atom. The zero-order chi connectivity index (χ0) is 11.6. The van der Waals surface area contributed by atoms with Crippen molar-refractivity contribution in [2.45, 2.75) is 13.8 Å². The first kappa shape index (κ1) is 10.5. The Kier molecular flexibility index (Phi) is 2.52. The Labute approximate surface area is 93.5 Å². The number of hydrogen-bond donors (Lipinski definition) is 2. The molecule has 0 bridgehead atoms. The summed E-state index contributed by atoms with van der Waals surface area (Å²) < 4.78 is 0. The molecule has 0 spiro atoms. The number of nitrogens with one attached hydrogen (secondary N) is 2. The van der Waals surface area contributed by atoms with E-state index in [1.54, 1.807) is 0 Å². The van der Waals surface area contributed by atoms with Crippen molar-refractivity contribution in [2.75, 3.05) is 0 Å². The van der Waals surface area contributed by atoms with Crippen LogP contribution < -0.4 is 0 Å². The van der Waals surface area contributed by atoms with Gasteiger partial charge in [0.1, 0.15) is 5.71 Å². The van der Waals surface area contributed by atoms with Crippen molar-refractivity contribution in [1.82, 2.24) is 20.6 Å². The molecule has 0 saturated carbocycles. The SMILES string of the molecule is CC1(C)C=CC=C(C(=N)c2nn[nH]n2)C=C1. The normalized spacial score (nSPS) is 18.0. The van der Waals surface area contributed by atoms with E-state index in [4.69, 9.17) is 5.41 Å². The molecule has 2 N–H and O–H groups in total. The van der Waals surface area contributed by atoms with Crippen LogP contribution in [0.2, 0.25) is 0 Å². The second-order valence-corrected chi connectivity index (χ2v) is 4.25. The van der Waals surface area contributed by atoms with Gasteiger partial charge in [0.2, 0.25) is 5.82 Å². The molecule has 0 saturated heterocycles. The highest BCUT2D eigenvalue weighted by Crippen LogP contribution is 2.23. The van der Waals surface area contributed by atoms with Crippen LogP contribution in [0, 0.1) is 10.8 Å². The highest BCUT2D eigenvalue weighted by molar-refractivity contribution is 6.10. The summed E-state index contributed by atoms with van der Waals surface area (Å²) in [6, 6.07) is 0. The Balaban J connectivity index is 2.27. The van der Waals surface area contributed by atoms with Gasteiger partial charge in [-0.1, -0.05) is 44.2 Å². The van der Waals surface area contributed by atoms with Gasteiger partial charge in [-0.05, 0) is 5.21 Å². The topological polar surface area (TPSA) is 78.3 Å². The third-order valence-corrected chi connectivity index (χ3v) is 2.35. The van der Waals surface area contributed by atoms with Gasteiger partial charge in [0.15, 0.2) is 0 Å². The first-order valence-electron chi connectivity index (χ1n) is 5.00. The van der Waals surface area contributed by atoms with Crippen LogP contribution in [-0.2, 0) is 0 Å². The molecule has 0 atom stereocenters. The first-order valence-corrected chi connectivity index (χ1v) is 5.00. The summed E-state index contributed by atoms with van der Waals surface area (Å²) in [5.41, 5.74) is 1.06. The van der Waals surface area contributed by atoms with Crippen LogP contribution in [0.1, 0.15) is 19.7 Å². The molecule has 1 aliphatic carbocycles. The summed E-state index contributed by atoms with van der Waals surface area (Å²) in [7, 11) is 0. The highest BCUT2D eigenvalue weighted by Gasteiger charge is 2.14. The van der Waals surface area contributed by atoms with Gasteiger partial charge in [0.25, 0.3) is 0 Å². The maximum atomic E-state index is 7.93. The Morgan fingerprint density at radius 2 is 2.19 bits per heavy atom. The molecule has 0 radical (unpaired) electrons. The molecular weight excluding hydrogens is 202 g/mol. The predicted octanol–water partition coefficient (Wildman–Crippen LogP) is 1.65. The minimum atomic E-state index is 0.00971. The molecule has 82 valence electrons. The number of tetrazole rings is 1. The zero-order valence-electron chi connectivity index (χ0n) is 9.23. The molecule has 5 heteroatoms. The molecule has 2 rings (SSSR count). The van der Waals surface area contributed by atoms with E-state index in [0.29, 0.717) is 5.82 Å². The molecule has 16 heavy (non-hydrogen) atoms. The fraction of sp³-hybridized carbons (Fsp3) is 0.273. The molecule has 0 unspecified atom stereocenters. The van der Waals surface area contributed by atoms with Gasteiger partial charge in [0.05, 0.1) is 0 Å². The average Bonchev–Trinajstić information content (AvgIpc) is 2.69. The monoisotopic (exact) mass is 215 g/mol. The van der Waals surface area contributed by atoms with Crippen LogP contribution in [0.3, 0.4) is 0 Å². The van der Waals surface area contributed by atoms with E-state index in [2.05, 4.69) is 46.6 Å². The molecule has 5 nitrogen and oxygen atoms in total. The largest absolute Gasteiger partial charge is 0.296 e. The maximum absolute atomic E-state index is 7.93. The van der Waals surface area contributed by atoms with Crippen molar-refractivity contribution in [2.24, 2.45) is 5.41 Å². The van der Waals surface area contributed by atoms with Gasteiger partial charge in [0, 0.05) is 11.0 Å². The van der Waals surface area contributed by atoms with Gasteiger partial charge >= 0.3 is 0 Å². The molecule has 0 aliphatic heterocycles. The highest BCUT2D eigenvalue weighted by atomic mass is 15.5. The van der Waals surface area contributed by atoms with Crippen molar-refractivity contribution in [3.8, 4) is 0 Å². The Morgan fingerprint density at radius 1 is 1.38 bits per heavy atom. The van der Waals surface area contributed by atoms with Crippen LogP contribution in [0.15, 0.2) is 36.0 Å². The van der Waals surface area contributed by atoms with Crippen molar-refractivity contribution in [1.29, 1.82) is 5.41 Å². The fourth-order valence-corrected chi connectivity index (χ4v) is 1.38. The zero-order valence-corrected chi connectivity index (χ0v) is 9.23. The molecule has 1 aromatic rings. The van der Waals surface area contributed by atoms with E-state index in [1.807, 2.05) is 18.2 Å². The first-order chi connectivity index (χ1) is 7.58. The maximum Gasteiger partial charge on any atom is 0.222 e. The number of hydrogen-bond acceptors (Lipinski definition) is 4. The van der Waals surface area contributed by atoms with Crippen molar-refractivity contribution < 1.29 is 0 Å².